The van der Waals surface area contributed by atoms with Crippen molar-refractivity contribution in [3.8, 4) is 11.5 Å². The number of carboxylic acids is 1. The van der Waals surface area contributed by atoms with Gasteiger partial charge in [-0.3, -0.25) is 4.79 Å². The Bertz CT molecular complexity index is 577. The van der Waals surface area contributed by atoms with Crippen LogP contribution in [0.1, 0.15) is 16.8 Å². The van der Waals surface area contributed by atoms with Gasteiger partial charge < -0.3 is 19.9 Å². The van der Waals surface area contributed by atoms with Gasteiger partial charge in [-0.2, -0.15) is 0 Å². The molecule has 0 aromatic heterocycles. The molecule has 0 saturated heterocycles. The normalized spacial score (nSPS) is 11.7. The lowest BCUT2D eigenvalue weighted by molar-refractivity contribution is -0.140. The third-order valence-electron chi connectivity index (χ3n) is 2.81. The van der Waals surface area contributed by atoms with E-state index in [1.165, 1.54) is 31.4 Å². The van der Waals surface area contributed by atoms with Crippen LogP contribution in [0.25, 0.3) is 0 Å². The van der Waals surface area contributed by atoms with Gasteiger partial charge in [-0.25, -0.2) is 13.6 Å². The van der Waals surface area contributed by atoms with Gasteiger partial charge in [-0.15, -0.1) is 0 Å². The number of hydrogen-bond acceptors (Lipinski definition) is 4. The summed E-state index contributed by atoms with van der Waals surface area (Å²) in [5, 5.41) is 11.0. The fourth-order valence-electron chi connectivity index (χ4n) is 1.72. The molecule has 1 aromatic carbocycles. The maximum absolute atomic E-state index is 12.4. The van der Waals surface area contributed by atoms with E-state index < -0.39 is 30.8 Å². The summed E-state index contributed by atoms with van der Waals surface area (Å²) < 4.78 is 35.1. The molecule has 2 N–H and O–H groups in total. The van der Waals surface area contributed by atoms with Gasteiger partial charge in [-0.1, -0.05) is 12.7 Å². The molecule has 1 amide bonds. The Morgan fingerprint density at radius 3 is 2.65 bits per heavy atom. The van der Waals surface area contributed by atoms with Crippen LogP contribution in [0.4, 0.5) is 8.78 Å². The third-order valence-corrected chi connectivity index (χ3v) is 2.81. The SMILES string of the molecule is C=CCOc1cc(OC)ccc1C(=O)NC(CC(F)F)C(=O)O. The number of alkyl halides is 2. The van der Waals surface area contributed by atoms with Crippen molar-refractivity contribution >= 4 is 11.9 Å². The smallest absolute Gasteiger partial charge is 0.326 e. The molecule has 0 spiro atoms. The van der Waals surface area contributed by atoms with Crippen molar-refractivity contribution in [2.24, 2.45) is 0 Å². The highest BCUT2D eigenvalue weighted by molar-refractivity contribution is 5.99. The van der Waals surface area contributed by atoms with Crippen LogP contribution < -0.4 is 14.8 Å². The van der Waals surface area contributed by atoms with Gasteiger partial charge >= 0.3 is 5.97 Å². The molecule has 1 rings (SSSR count). The van der Waals surface area contributed by atoms with Crippen LogP contribution >= 0.6 is 0 Å². The third kappa shape index (κ3) is 5.57. The number of hydrogen-bond donors (Lipinski definition) is 2. The average molecular weight is 329 g/mol. The van der Waals surface area contributed by atoms with E-state index in [1.54, 1.807) is 0 Å². The van der Waals surface area contributed by atoms with Crippen molar-refractivity contribution in [1.82, 2.24) is 5.32 Å². The number of nitrogens with one attached hydrogen (secondary N) is 1. The molecule has 1 aromatic rings. The standard InChI is InChI=1S/C15H17F2NO5/c1-3-6-23-12-7-9(22-2)4-5-10(12)14(19)18-11(15(20)21)8-13(16)17/h3-5,7,11,13H,1,6,8H2,2H3,(H,18,19)(H,20,21). The summed E-state index contributed by atoms with van der Waals surface area (Å²) in [6.45, 7) is 3.58. The molecular formula is C15H17F2NO5. The number of aliphatic carboxylic acids is 1. The number of benzene rings is 1. The largest absolute Gasteiger partial charge is 0.497 e. The zero-order chi connectivity index (χ0) is 17.4. The molecule has 8 heteroatoms. The van der Waals surface area contributed by atoms with Gasteiger partial charge in [0.1, 0.15) is 24.1 Å². The number of amides is 1. The van der Waals surface area contributed by atoms with Crippen molar-refractivity contribution < 1.29 is 33.0 Å². The molecule has 0 aliphatic carbocycles. The minimum Gasteiger partial charge on any atom is -0.497 e. The molecule has 6 nitrogen and oxygen atoms in total. The predicted octanol–water partition coefficient (Wildman–Crippen LogP) is 2.10. The minimum atomic E-state index is -2.86. The van der Waals surface area contributed by atoms with E-state index in [1.807, 2.05) is 0 Å². The summed E-state index contributed by atoms with van der Waals surface area (Å²) in [6, 6.07) is 2.56. The molecule has 0 heterocycles. The van der Waals surface area contributed by atoms with Crippen molar-refractivity contribution in [1.29, 1.82) is 0 Å². The van der Waals surface area contributed by atoms with Gasteiger partial charge in [-0.05, 0) is 12.1 Å². The van der Waals surface area contributed by atoms with Crippen LogP contribution in [0.5, 0.6) is 11.5 Å². The van der Waals surface area contributed by atoms with Crippen LogP contribution in [-0.2, 0) is 4.79 Å². The number of carboxylic acid groups (broad SMARTS) is 1. The summed E-state index contributed by atoms with van der Waals surface area (Å²) in [4.78, 5) is 23.1. The number of halogens is 2. The number of carbonyl (C=O) groups is 2. The van der Waals surface area contributed by atoms with Crippen molar-refractivity contribution in [3.05, 3.63) is 36.4 Å². The lowest BCUT2D eigenvalue weighted by atomic mass is 10.1. The number of carbonyl (C=O) groups excluding carboxylic acids is 1. The Balaban J connectivity index is 3.00. The lowest BCUT2D eigenvalue weighted by Crippen LogP contribution is -2.42. The Morgan fingerprint density at radius 1 is 1.43 bits per heavy atom. The monoisotopic (exact) mass is 329 g/mol. The maximum Gasteiger partial charge on any atom is 0.326 e. The molecule has 0 bridgehead atoms. The molecule has 0 aliphatic heterocycles. The molecular weight excluding hydrogens is 312 g/mol. The second-order valence-electron chi connectivity index (χ2n) is 4.45. The Hall–Kier alpha value is -2.64. The fourth-order valence-corrected chi connectivity index (χ4v) is 1.72. The molecule has 0 fully saturated rings. The van der Waals surface area contributed by atoms with Crippen LogP contribution in [0, 0.1) is 0 Å². The second-order valence-corrected chi connectivity index (χ2v) is 4.45. The molecule has 0 radical (unpaired) electrons. The number of rotatable bonds is 9. The van der Waals surface area contributed by atoms with Gasteiger partial charge in [0.25, 0.3) is 5.91 Å². The van der Waals surface area contributed by atoms with E-state index in [0.717, 1.165) is 0 Å². The maximum atomic E-state index is 12.4. The number of methoxy groups -OCH3 is 1. The van der Waals surface area contributed by atoms with Crippen LogP contribution in [-0.4, -0.2) is 43.2 Å². The first-order valence-electron chi connectivity index (χ1n) is 6.62. The highest BCUT2D eigenvalue weighted by Gasteiger charge is 2.26. The minimum absolute atomic E-state index is 0.00756. The molecule has 0 saturated carbocycles. The highest BCUT2D eigenvalue weighted by atomic mass is 19.3. The Labute approximate surface area is 131 Å². The van der Waals surface area contributed by atoms with Crippen molar-refractivity contribution in [2.45, 2.75) is 18.9 Å². The summed E-state index contributed by atoms with van der Waals surface area (Å²) >= 11 is 0. The molecule has 1 atom stereocenters. The zero-order valence-corrected chi connectivity index (χ0v) is 12.4. The molecule has 1 unspecified atom stereocenters. The second kappa shape index (κ2) is 8.72. The summed E-state index contributed by atoms with van der Waals surface area (Å²) in [5.74, 6) is -1.83. The van der Waals surface area contributed by atoms with Gasteiger partial charge in [0.2, 0.25) is 6.43 Å². The number of ether oxygens (including phenoxy) is 2. The van der Waals surface area contributed by atoms with Gasteiger partial charge in [0.15, 0.2) is 0 Å². The zero-order valence-electron chi connectivity index (χ0n) is 12.4. The van der Waals surface area contributed by atoms with E-state index in [0.29, 0.717) is 5.75 Å². The van der Waals surface area contributed by atoms with Gasteiger partial charge in [0.05, 0.1) is 12.7 Å². The van der Waals surface area contributed by atoms with Crippen molar-refractivity contribution in [2.75, 3.05) is 13.7 Å². The van der Waals surface area contributed by atoms with E-state index in [4.69, 9.17) is 14.6 Å². The average Bonchev–Trinajstić information content (AvgIpc) is 2.51. The van der Waals surface area contributed by atoms with E-state index in [2.05, 4.69) is 11.9 Å². The van der Waals surface area contributed by atoms with E-state index >= 15 is 0 Å². The van der Waals surface area contributed by atoms with Crippen LogP contribution in [0.3, 0.4) is 0 Å². The van der Waals surface area contributed by atoms with Crippen LogP contribution in [0.15, 0.2) is 30.9 Å². The van der Waals surface area contributed by atoms with Crippen LogP contribution in [0.2, 0.25) is 0 Å². The lowest BCUT2D eigenvalue weighted by Gasteiger charge is -2.16. The van der Waals surface area contributed by atoms with E-state index in [-0.39, 0.29) is 17.9 Å². The Morgan fingerprint density at radius 2 is 2.13 bits per heavy atom. The molecule has 0 aliphatic rings. The van der Waals surface area contributed by atoms with E-state index in [9.17, 15) is 18.4 Å². The fraction of sp³-hybridized carbons (Fsp3) is 0.333. The summed E-state index contributed by atoms with van der Waals surface area (Å²) in [7, 11) is 1.43. The predicted molar refractivity (Wildman–Crippen MR) is 78.2 cm³/mol. The topological polar surface area (TPSA) is 84.9 Å². The van der Waals surface area contributed by atoms with Gasteiger partial charge in [0, 0.05) is 12.5 Å². The molecule has 126 valence electrons. The first-order valence-corrected chi connectivity index (χ1v) is 6.62. The first-order chi connectivity index (χ1) is 10.9. The first kappa shape index (κ1) is 18.4. The summed E-state index contributed by atoms with van der Waals surface area (Å²) in [5.41, 5.74) is 0.00756. The Kier molecular flexibility index (Phi) is 6.98. The molecule has 23 heavy (non-hydrogen) atoms. The summed E-state index contributed by atoms with van der Waals surface area (Å²) in [6.07, 6.45) is -2.39. The van der Waals surface area contributed by atoms with Crippen molar-refractivity contribution in [3.63, 3.8) is 0 Å². The quantitative estimate of drug-likeness (QED) is 0.678. The highest BCUT2D eigenvalue weighted by Crippen LogP contribution is 2.25.